The quantitative estimate of drug-likeness (QED) is 0.490. The van der Waals surface area contributed by atoms with E-state index in [4.69, 9.17) is 10.00 Å². The van der Waals surface area contributed by atoms with Crippen LogP contribution in [0.2, 0.25) is 0 Å². The van der Waals surface area contributed by atoms with Crippen molar-refractivity contribution in [2.45, 2.75) is 50.4 Å². The summed E-state index contributed by atoms with van der Waals surface area (Å²) in [5.74, 6) is -1.98. The normalized spacial score (nSPS) is 18.6. The fourth-order valence-electron chi connectivity index (χ4n) is 4.78. The van der Waals surface area contributed by atoms with Crippen molar-refractivity contribution in [3.8, 4) is 11.8 Å². The number of carbonyl (C=O) groups is 2. The summed E-state index contributed by atoms with van der Waals surface area (Å²) in [7, 11) is -3.62. The van der Waals surface area contributed by atoms with E-state index in [9.17, 15) is 31.2 Å². The Bertz CT molecular complexity index is 1400. The fraction of sp³-hybridized carbons (Fsp3) is 0.478. The van der Waals surface area contributed by atoms with E-state index in [1.807, 2.05) is 6.07 Å². The van der Waals surface area contributed by atoms with Crippen LogP contribution in [-0.4, -0.2) is 54.8 Å². The van der Waals surface area contributed by atoms with Gasteiger partial charge < -0.3 is 15.4 Å². The van der Waals surface area contributed by atoms with Gasteiger partial charge in [-0.3, -0.25) is 9.59 Å². The van der Waals surface area contributed by atoms with Crippen molar-refractivity contribution < 1.29 is 35.9 Å². The average Bonchev–Trinajstić information content (AvgIpc) is 3.29. The molecule has 1 spiro atoms. The van der Waals surface area contributed by atoms with Gasteiger partial charge in [0.1, 0.15) is 22.9 Å². The van der Waals surface area contributed by atoms with Crippen molar-refractivity contribution >= 4 is 27.5 Å². The van der Waals surface area contributed by atoms with Crippen molar-refractivity contribution in [3.05, 3.63) is 40.6 Å². The van der Waals surface area contributed by atoms with Crippen LogP contribution < -0.4 is 15.4 Å². The minimum Gasteiger partial charge on any atom is -0.484 e. The van der Waals surface area contributed by atoms with E-state index in [2.05, 4.69) is 15.7 Å². The first-order chi connectivity index (χ1) is 17.3. The van der Waals surface area contributed by atoms with Crippen LogP contribution in [0.5, 0.6) is 5.75 Å². The lowest BCUT2D eigenvalue weighted by Gasteiger charge is -2.35. The van der Waals surface area contributed by atoms with Gasteiger partial charge in [-0.2, -0.15) is 23.5 Å². The Labute approximate surface area is 210 Å². The Morgan fingerprint density at radius 1 is 1.38 bits per heavy atom. The Kier molecular flexibility index (Phi) is 6.93. The highest BCUT2D eigenvalue weighted by Gasteiger charge is 2.46. The number of hydrogen-bond acceptors (Lipinski definition) is 7. The summed E-state index contributed by atoms with van der Waals surface area (Å²) in [5.41, 5.74) is 1.15. The van der Waals surface area contributed by atoms with Crippen LogP contribution in [0.1, 0.15) is 46.4 Å². The number of benzene rings is 1. The first-order valence-corrected chi connectivity index (χ1v) is 13.5. The van der Waals surface area contributed by atoms with Crippen LogP contribution in [-0.2, 0) is 39.6 Å². The molecule has 1 aromatic heterocycles. The van der Waals surface area contributed by atoms with Crippen molar-refractivity contribution in [3.63, 3.8) is 0 Å². The number of nitrogens with zero attached hydrogens (tertiary/aromatic N) is 3. The van der Waals surface area contributed by atoms with Gasteiger partial charge in [-0.05, 0) is 42.5 Å². The summed E-state index contributed by atoms with van der Waals surface area (Å²) in [5, 5.41) is 18.9. The van der Waals surface area contributed by atoms with Crippen LogP contribution in [0.25, 0.3) is 0 Å². The molecule has 14 heteroatoms. The average molecular weight is 540 g/mol. The number of nitrogens with one attached hydrogen (secondary N) is 2. The number of halogens is 3. The lowest BCUT2D eigenvalue weighted by Crippen LogP contribution is -2.49. The number of amides is 2. The zero-order valence-corrected chi connectivity index (χ0v) is 20.6. The van der Waals surface area contributed by atoms with Crippen LogP contribution >= 0.6 is 0 Å². The maximum atomic E-state index is 13.3. The van der Waals surface area contributed by atoms with Crippen LogP contribution in [0.3, 0.4) is 0 Å². The van der Waals surface area contributed by atoms with Gasteiger partial charge in [-0.25, -0.2) is 13.1 Å². The van der Waals surface area contributed by atoms with Gasteiger partial charge in [0.15, 0.2) is 16.4 Å². The summed E-state index contributed by atoms with van der Waals surface area (Å²) >= 11 is 0. The number of rotatable bonds is 8. The molecule has 0 saturated carbocycles. The zero-order chi connectivity index (χ0) is 27.0. The molecule has 37 heavy (non-hydrogen) atoms. The van der Waals surface area contributed by atoms with Gasteiger partial charge in [-0.1, -0.05) is 6.07 Å². The molecule has 0 unspecified atom stereocenters. The maximum Gasteiger partial charge on any atom is 0.422 e. The monoisotopic (exact) mass is 539 g/mol. The minimum atomic E-state index is -4.46. The van der Waals surface area contributed by atoms with E-state index in [0.717, 1.165) is 17.4 Å². The third-order valence-corrected chi connectivity index (χ3v) is 6.99. The number of nitriles is 1. The van der Waals surface area contributed by atoms with Gasteiger partial charge in [0.05, 0.1) is 17.3 Å². The number of sulfone groups is 1. The van der Waals surface area contributed by atoms with E-state index in [0.29, 0.717) is 25.0 Å². The first-order valence-electron chi connectivity index (χ1n) is 11.4. The minimum absolute atomic E-state index is 0.0584. The zero-order valence-electron chi connectivity index (χ0n) is 19.8. The van der Waals surface area contributed by atoms with Gasteiger partial charge in [0.2, 0.25) is 5.91 Å². The summed E-state index contributed by atoms with van der Waals surface area (Å²) in [4.78, 5) is 25.7. The molecule has 10 nitrogen and oxygen atoms in total. The number of alkyl halides is 3. The largest absolute Gasteiger partial charge is 0.484 e. The molecule has 1 aromatic carbocycles. The molecular weight excluding hydrogens is 515 g/mol. The number of ether oxygens (including phenoxy) is 1. The third kappa shape index (κ3) is 5.87. The number of carbonyl (C=O) groups excluding carboxylic acids is 2. The van der Waals surface area contributed by atoms with Crippen molar-refractivity contribution in [2.75, 3.05) is 23.9 Å². The second-order valence-corrected chi connectivity index (χ2v) is 11.3. The number of aryl methyl sites for hydroxylation is 2. The molecule has 2 N–H and O–H groups in total. The van der Waals surface area contributed by atoms with E-state index in [1.165, 1.54) is 16.8 Å². The Hall–Kier alpha value is -3.60. The number of unbranched alkanes of at least 4 members (excludes halogenated alkanes) is 1. The number of aromatic nitrogens is 2. The molecule has 0 fully saturated rings. The number of anilines is 1. The van der Waals surface area contributed by atoms with E-state index >= 15 is 0 Å². The molecule has 2 aliphatic rings. The number of hydrogen-bond donors (Lipinski definition) is 2. The Balaban J connectivity index is 1.64. The molecule has 1 aliphatic carbocycles. The molecule has 1 atom stereocenters. The summed E-state index contributed by atoms with van der Waals surface area (Å²) in [6, 6.07) is 6.61. The molecule has 0 saturated heterocycles. The van der Waals surface area contributed by atoms with Crippen molar-refractivity contribution in [2.24, 2.45) is 0 Å². The molecule has 2 heterocycles. The molecule has 2 amide bonds. The maximum absolute atomic E-state index is 13.3. The highest BCUT2D eigenvalue weighted by Crippen LogP contribution is 2.44. The lowest BCUT2D eigenvalue weighted by molar-refractivity contribution is -0.153. The van der Waals surface area contributed by atoms with Gasteiger partial charge in [0, 0.05) is 25.6 Å². The lowest BCUT2D eigenvalue weighted by atomic mass is 9.82. The number of fused-ring (bicyclic) bond motifs is 3. The van der Waals surface area contributed by atoms with E-state index in [-0.39, 0.29) is 36.5 Å². The van der Waals surface area contributed by atoms with Crippen LogP contribution in [0, 0.1) is 11.3 Å². The predicted octanol–water partition coefficient (Wildman–Crippen LogP) is 2.24. The third-order valence-electron chi connectivity index (χ3n) is 6.20. The highest BCUT2D eigenvalue weighted by atomic mass is 32.2. The Morgan fingerprint density at radius 3 is 2.81 bits per heavy atom. The standard InChI is InChI=1S/C23H24F3N5O5S/c1-37(34,35)12-18(32)28-20-19-17(30-31(20)9-3-2-8-27)11-22(29-21(19)33)7-6-14-10-15(4-5-16(14)22)36-13-23(24,25)26/h4-5,10H,2-3,6-7,9,11-13H2,1H3,(H,28,32)(H,29,33)/t22-/m0/s1. The van der Waals surface area contributed by atoms with E-state index in [1.54, 1.807) is 6.07 Å². The van der Waals surface area contributed by atoms with Gasteiger partial charge in [-0.15, -0.1) is 0 Å². The molecule has 198 valence electrons. The summed E-state index contributed by atoms with van der Waals surface area (Å²) < 4.78 is 66.9. The van der Waals surface area contributed by atoms with Gasteiger partial charge in [0.25, 0.3) is 5.91 Å². The summed E-state index contributed by atoms with van der Waals surface area (Å²) in [6.07, 6.45) is -1.72. The summed E-state index contributed by atoms with van der Waals surface area (Å²) in [6.45, 7) is -1.19. The second-order valence-electron chi connectivity index (χ2n) is 9.21. The van der Waals surface area contributed by atoms with Crippen LogP contribution in [0.4, 0.5) is 19.0 Å². The smallest absolute Gasteiger partial charge is 0.422 e. The second kappa shape index (κ2) is 9.70. The molecule has 0 bridgehead atoms. The molecule has 1 aliphatic heterocycles. The first kappa shape index (κ1) is 26.5. The fourth-order valence-corrected chi connectivity index (χ4v) is 5.33. The van der Waals surface area contributed by atoms with E-state index < -0.39 is 45.7 Å². The van der Waals surface area contributed by atoms with Crippen molar-refractivity contribution in [1.29, 1.82) is 5.26 Å². The molecule has 4 rings (SSSR count). The SMILES string of the molecule is CS(=O)(=O)CC(=O)Nc1c2c(nn1CCCC#N)C[C@]1(CCc3cc(OCC(F)(F)F)ccc31)NC2=O. The van der Waals surface area contributed by atoms with Gasteiger partial charge >= 0.3 is 6.18 Å². The van der Waals surface area contributed by atoms with Crippen molar-refractivity contribution in [1.82, 2.24) is 15.1 Å². The van der Waals surface area contributed by atoms with Crippen LogP contribution in [0.15, 0.2) is 18.2 Å². The highest BCUT2D eigenvalue weighted by molar-refractivity contribution is 7.91. The molecule has 0 radical (unpaired) electrons. The Morgan fingerprint density at radius 2 is 2.14 bits per heavy atom. The molecular formula is C23H24F3N5O5S. The predicted molar refractivity (Wildman–Crippen MR) is 125 cm³/mol. The molecule has 2 aromatic rings. The topological polar surface area (TPSA) is 143 Å².